The van der Waals surface area contributed by atoms with Gasteiger partial charge in [0.25, 0.3) is 0 Å². The molecule has 0 amide bonds. The van der Waals surface area contributed by atoms with Crippen molar-refractivity contribution >= 4 is 28.7 Å². The van der Waals surface area contributed by atoms with Crippen molar-refractivity contribution in [3.8, 4) is 0 Å². The second-order valence-electron chi connectivity index (χ2n) is 7.51. The van der Waals surface area contributed by atoms with E-state index < -0.39 is 0 Å². The molecule has 0 N–H and O–H groups in total. The third-order valence-electron chi connectivity index (χ3n) is 5.74. The summed E-state index contributed by atoms with van der Waals surface area (Å²) in [6.07, 6.45) is 4.10. The van der Waals surface area contributed by atoms with Crippen molar-refractivity contribution < 1.29 is 0 Å². The molecule has 1 unspecified atom stereocenters. The van der Waals surface area contributed by atoms with E-state index in [1.807, 2.05) is 12.1 Å². The third-order valence-corrected chi connectivity index (χ3v) is 6.00. The molecule has 2 aromatic carbocycles. The van der Waals surface area contributed by atoms with Gasteiger partial charge >= 0.3 is 0 Å². The molecule has 4 rings (SSSR count). The lowest BCUT2D eigenvalue weighted by atomic mass is 10.1. The number of para-hydroxylation sites is 2. The summed E-state index contributed by atoms with van der Waals surface area (Å²) >= 11 is 6.07. The summed E-state index contributed by atoms with van der Waals surface area (Å²) in [4.78, 5) is 7.65. The van der Waals surface area contributed by atoms with Crippen LogP contribution in [-0.2, 0) is 0 Å². The molecule has 3 nitrogen and oxygen atoms in total. The molecular formula is C22H28ClN3. The molecule has 0 spiro atoms. The van der Waals surface area contributed by atoms with Crippen molar-refractivity contribution in [2.75, 3.05) is 42.5 Å². The lowest BCUT2D eigenvalue weighted by Crippen LogP contribution is -2.48. The minimum Gasteiger partial charge on any atom is -0.367 e. The fourth-order valence-electron chi connectivity index (χ4n) is 4.29. The molecule has 138 valence electrons. The van der Waals surface area contributed by atoms with E-state index in [1.54, 1.807) is 0 Å². The lowest BCUT2D eigenvalue weighted by molar-refractivity contribution is 0.176. The first-order valence-electron chi connectivity index (χ1n) is 9.83. The first kappa shape index (κ1) is 17.7. The van der Waals surface area contributed by atoms with Gasteiger partial charge in [0.15, 0.2) is 0 Å². The molecule has 26 heavy (non-hydrogen) atoms. The third kappa shape index (κ3) is 3.70. The molecular weight excluding hydrogens is 342 g/mol. The fraction of sp³-hybridized carbons (Fsp3) is 0.455. The van der Waals surface area contributed by atoms with Crippen molar-refractivity contribution in [2.45, 2.75) is 32.2 Å². The molecule has 2 aliphatic heterocycles. The average molecular weight is 370 g/mol. The van der Waals surface area contributed by atoms with Gasteiger partial charge in [-0.3, -0.25) is 4.90 Å². The maximum absolute atomic E-state index is 6.07. The molecule has 0 radical (unpaired) electrons. The Morgan fingerprint density at radius 3 is 2.27 bits per heavy atom. The van der Waals surface area contributed by atoms with Crippen LogP contribution in [0.1, 0.15) is 26.2 Å². The summed E-state index contributed by atoms with van der Waals surface area (Å²) in [6.45, 7) is 8.06. The van der Waals surface area contributed by atoms with Crippen LogP contribution in [0.4, 0.5) is 17.1 Å². The van der Waals surface area contributed by atoms with E-state index in [-0.39, 0.29) is 0 Å². The second-order valence-corrected chi connectivity index (χ2v) is 7.94. The lowest BCUT2D eigenvalue weighted by Gasteiger charge is -2.42. The van der Waals surface area contributed by atoms with Gasteiger partial charge in [0.05, 0.1) is 11.4 Å². The van der Waals surface area contributed by atoms with E-state index in [1.165, 1.54) is 49.4 Å². The van der Waals surface area contributed by atoms with E-state index in [4.69, 9.17) is 11.6 Å². The van der Waals surface area contributed by atoms with Gasteiger partial charge in [0.1, 0.15) is 0 Å². The minimum atomic E-state index is 0.602. The van der Waals surface area contributed by atoms with Crippen LogP contribution in [0.2, 0.25) is 5.02 Å². The predicted molar refractivity (Wildman–Crippen MR) is 112 cm³/mol. The van der Waals surface area contributed by atoms with Crippen LogP contribution in [0.3, 0.4) is 0 Å². The molecule has 0 saturated carbocycles. The van der Waals surface area contributed by atoms with Crippen LogP contribution < -0.4 is 9.80 Å². The van der Waals surface area contributed by atoms with E-state index in [0.29, 0.717) is 6.04 Å². The van der Waals surface area contributed by atoms with Crippen LogP contribution in [-0.4, -0.2) is 43.7 Å². The number of hydrogen-bond donors (Lipinski definition) is 0. The average Bonchev–Trinajstić information content (AvgIpc) is 2.70. The van der Waals surface area contributed by atoms with Crippen LogP contribution in [0.5, 0.6) is 0 Å². The zero-order valence-electron chi connectivity index (χ0n) is 15.6. The van der Waals surface area contributed by atoms with Gasteiger partial charge < -0.3 is 9.80 Å². The highest BCUT2D eigenvalue weighted by Crippen LogP contribution is 2.38. The van der Waals surface area contributed by atoms with Crippen LogP contribution >= 0.6 is 11.6 Å². The van der Waals surface area contributed by atoms with E-state index in [2.05, 4.69) is 58.0 Å². The molecule has 0 bridgehead atoms. The van der Waals surface area contributed by atoms with Crippen molar-refractivity contribution in [2.24, 2.45) is 0 Å². The summed E-state index contributed by atoms with van der Waals surface area (Å²) < 4.78 is 0. The highest BCUT2D eigenvalue weighted by atomic mass is 35.5. The smallest absolute Gasteiger partial charge is 0.0649 e. The molecule has 0 aliphatic carbocycles. The summed E-state index contributed by atoms with van der Waals surface area (Å²) in [5.74, 6) is 0. The minimum absolute atomic E-state index is 0.602. The maximum Gasteiger partial charge on any atom is 0.0649 e. The zero-order chi connectivity index (χ0) is 17.9. The van der Waals surface area contributed by atoms with Gasteiger partial charge in [-0.25, -0.2) is 0 Å². The topological polar surface area (TPSA) is 9.72 Å². The normalized spacial score (nSPS) is 19.3. The Hall–Kier alpha value is -1.71. The van der Waals surface area contributed by atoms with Gasteiger partial charge in [-0.2, -0.15) is 0 Å². The fourth-order valence-corrected chi connectivity index (χ4v) is 4.42. The highest BCUT2D eigenvalue weighted by Gasteiger charge is 2.26. The Morgan fingerprint density at radius 2 is 1.54 bits per heavy atom. The maximum atomic E-state index is 6.07. The number of benzene rings is 2. The standard InChI is InChI=1S/C22H28ClN3/c1-18(24-13-5-2-6-14-24)17-25-15-16-26(20-11-9-19(23)10-12-20)22-8-4-3-7-21(22)25/h3-4,7-12,18H,2,5-6,13-17H2,1H3. The highest BCUT2D eigenvalue weighted by molar-refractivity contribution is 6.30. The quantitative estimate of drug-likeness (QED) is 0.735. The molecule has 2 aromatic rings. The SMILES string of the molecule is CC(CN1CCN(c2ccc(Cl)cc2)c2ccccc21)N1CCCCC1. The molecule has 2 heterocycles. The van der Waals surface area contributed by atoms with Crippen molar-refractivity contribution in [3.63, 3.8) is 0 Å². The largest absolute Gasteiger partial charge is 0.367 e. The van der Waals surface area contributed by atoms with Crippen molar-refractivity contribution in [3.05, 3.63) is 53.6 Å². The molecule has 1 saturated heterocycles. The predicted octanol–water partition coefficient (Wildman–Crippen LogP) is 5.17. The molecule has 4 heteroatoms. The number of anilines is 3. The molecule has 2 aliphatic rings. The Labute approximate surface area is 162 Å². The number of hydrogen-bond acceptors (Lipinski definition) is 3. The summed E-state index contributed by atoms with van der Waals surface area (Å²) in [7, 11) is 0. The van der Waals surface area contributed by atoms with Crippen molar-refractivity contribution in [1.29, 1.82) is 0 Å². The monoisotopic (exact) mass is 369 g/mol. The Kier molecular flexibility index (Phi) is 5.37. The molecule has 1 fully saturated rings. The second kappa shape index (κ2) is 7.89. The van der Waals surface area contributed by atoms with Crippen molar-refractivity contribution in [1.82, 2.24) is 4.90 Å². The van der Waals surface area contributed by atoms with Crippen LogP contribution in [0, 0.1) is 0 Å². The summed E-state index contributed by atoms with van der Waals surface area (Å²) in [6, 6.07) is 17.6. The number of rotatable bonds is 4. The van der Waals surface area contributed by atoms with Crippen LogP contribution in [0.25, 0.3) is 0 Å². The van der Waals surface area contributed by atoms with Crippen LogP contribution in [0.15, 0.2) is 48.5 Å². The Balaban J connectivity index is 1.54. The number of piperidine rings is 1. The summed E-state index contributed by atoms with van der Waals surface area (Å²) in [5.41, 5.74) is 3.86. The van der Waals surface area contributed by atoms with Gasteiger partial charge in [-0.15, -0.1) is 0 Å². The van der Waals surface area contributed by atoms with Gasteiger partial charge in [0.2, 0.25) is 0 Å². The number of fused-ring (bicyclic) bond motifs is 1. The van der Waals surface area contributed by atoms with E-state index in [9.17, 15) is 0 Å². The number of nitrogens with zero attached hydrogens (tertiary/aromatic N) is 3. The molecule has 1 atom stereocenters. The molecule has 0 aromatic heterocycles. The van der Waals surface area contributed by atoms with Gasteiger partial charge in [0, 0.05) is 36.4 Å². The van der Waals surface area contributed by atoms with E-state index in [0.717, 1.165) is 24.7 Å². The zero-order valence-corrected chi connectivity index (χ0v) is 16.3. The first-order valence-corrected chi connectivity index (χ1v) is 10.2. The Morgan fingerprint density at radius 1 is 0.846 bits per heavy atom. The number of halogens is 1. The Bertz CT molecular complexity index is 724. The van der Waals surface area contributed by atoms with Gasteiger partial charge in [-0.1, -0.05) is 30.2 Å². The number of likely N-dealkylation sites (tertiary alicyclic amines) is 1. The summed E-state index contributed by atoms with van der Waals surface area (Å²) in [5, 5.41) is 0.788. The van der Waals surface area contributed by atoms with E-state index >= 15 is 0 Å². The van der Waals surface area contributed by atoms with Gasteiger partial charge in [-0.05, 0) is 69.3 Å². The first-order chi connectivity index (χ1) is 12.7.